The zero-order valence-electron chi connectivity index (χ0n) is 13.6. The quantitative estimate of drug-likeness (QED) is 0.914. The van der Waals surface area contributed by atoms with Crippen LogP contribution in [-0.2, 0) is 4.74 Å². The van der Waals surface area contributed by atoms with E-state index >= 15 is 0 Å². The second kappa shape index (κ2) is 7.42. The highest BCUT2D eigenvalue weighted by molar-refractivity contribution is 5.45. The Bertz CT molecular complexity index is 619. The van der Waals surface area contributed by atoms with Gasteiger partial charge in [0.1, 0.15) is 0 Å². The van der Waals surface area contributed by atoms with E-state index in [1.807, 2.05) is 32.0 Å². The van der Waals surface area contributed by atoms with Crippen molar-refractivity contribution < 1.29 is 9.47 Å². The molecule has 122 valence electrons. The van der Waals surface area contributed by atoms with Gasteiger partial charge in [-0.25, -0.2) is 9.97 Å². The third kappa shape index (κ3) is 4.20. The van der Waals surface area contributed by atoms with Gasteiger partial charge >= 0.3 is 0 Å². The van der Waals surface area contributed by atoms with Gasteiger partial charge in [-0.05, 0) is 32.3 Å². The number of nitrogens with zero attached hydrogens (tertiary/aromatic N) is 2. The normalized spacial score (nSPS) is 21.2. The van der Waals surface area contributed by atoms with Crippen LogP contribution in [-0.4, -0.2) is 28.7 Å². The van der Waals surface area contributed by atoms with Crippen LogP contribution >= 0.6 is 0 Å². The van der Waals surface area contributed by atoms with Crippen molar-refractivity contribution in [3.8, 4) is 5.88 Å². The lowest BCUT2D eigenvalue weighted by Crippen LogP contribution is -2.30. The molecule has 1 aromatic carbocycles. The third-order valence-electron chi connectivity index (χ3n) is 3.81. The Morgan fingerprint density at radius 2 is 1.96 bits per heavy atom. The summed E-state index contributed by atoms with van der Waals surface area (Å²) in [6.45, 7) is 4.70. The van der Waals surface area contributed by atoms with Gasteiger partial charge in [-0.15, -0.1) is 0 Å². The van der Waals surface area contributed by atoms with Crippen LogP contribution in [0.25, 0.3) is 0 Å². The van der Waals surface area contributed by atoms with Gasteiger partial charge in [-0.3, -0.25) is 0 Å². The van der Waals surface area contributed by atoms with E-state index in [9.17, 15) is 0 Å². The summed E-state index contributed by atoms with van der Waals surface area (Å²) in [6.07, 6.45) is 5.37. The molecule has 3 rings (SSSR count). The van der Waals surface area contributed by atoms with E-state index < -0.39 is 0 Å². The minimum Gasteiger partial charge on any atom is -0.472 e. The summed E-state index contributed by atoms with van der Waals surface area (Å²) in [5.41, 5.74) is 1.22. The molecule has 0 bridgehead atoms. The summed E-state index contributed by atoms with van der Waals surface area (Å²) in [5, 5.41) is 3.48. The number of benzene rings is 1. The smallest absolute Gasteiger partial charge is 0.257 e. The van der Waals surface area contributed by atoms with Crippen LogP contribution < -0.4 is 10.1 Å². The summed E-state index contributed by atoms with van der Waals surface area (Å²) >= 11 is 0. The molecule has 2 heterocycles. The van der Waals surface area contributed by atoms with Crippen molar-refractivity contribution in [3.63, 3.8) is 0 Å². The monoisotopic (exact) mass is 313 g/mol. The van der Waals surface area contributed by atoms with Crippen molar-refractivity contribution in [2.45, 2.75) is 44.9 Å². The molecule has 1 aromatic heterocycles. The number of hydrogen-bond donors (Lipinski definition) is 1. The summed E-state index contributed by atoms with van der Waals surface area (Å²) < 4.78 is 11.7. The number of hydrogen-bond acceptors (Lipinski definition) is 5. The van der Waals surface area contributed by atoms with Gasteiger partial charge in [0.2, 0.25) is 0 Å². The van der Waals surface area contributed by atoms with Crippen LogP contribution in [0.1, 0.15) is 38.4 Å². The summed E-state index contributed by atoms with van der Waals surface area (Å²) in [5.74, 6) is 1.27. The predicted molar refractivity (Wildman–Crippen MR) is 89.6 cm³/mol. The molecule has 1 fully saturated rings. The Labute approximate surface area is 137 Å². The molecule has 0 amide bonds. The van der Waals surface area contributed by atoms with E-state index in [0.717, 1.165) is 19.4 Å². The first kappa shape index (κ1) is 15.7. The average Bonchev–Trinajstić information content (AvgIpc) is 2.57. The van der Waals surface area contributed by atoms with Crippen LogP contribution in [0.5, 0.6) is 5.88 Å². The van der Waals surface area contributed by atoms with E-state index in [0.29, 0.717) is 17.7 Å². The molecule has 2 unspecified atom stereocenters. The van der Waals surface area contributed by atoms with Crippen LogP contribution in [0.4, 0.5) is 5.82 Å². The highest BCUT2D eigenvalue weighted by Gasteiger charge is 2.25. The fourth-order valence-corrected chi connectivity index (χ4v) is 2.76. The Morgan fingerprint density at radius 1 is 1.17 bits per heavy atom. The van der Waals surface area contributed by atoms with Gasteiger partial charge in [0, 0.05) is 25.0 Å². The second-order valence-electron chi connectivity index (χ2n) is 6.01. The van der Waals surface area contributed by atoms with Gasteiger partial charge in [-0.1, -0.05) is 30.3 Å². The zero-order chi connectivity index (χ0) is 16.1. The largest absolute Gasteiger partial charge is 0.472 e. The van der Waals surface area contributed by atoms with E-state index in [2.05, 4.69) is 27.4 Å². The van der Waals surface area contributed by atoms with Crippen molar-refractivity contribution in [2.75, 3.05) is 11.9 Å². The fraction of sp³-hybridized carbons (Fsp3) is 0.444. The highest BCUT2D eigenvalue weighted by Crippen LogP contribution is 2.30. The molecule has 0 saturated carbocycles. The van der Waals surface area contributed by atoms with Crippen molar-refractivity contribution in [1.29, 1.82) is 0 Å². The Kier molecular flexibility index (Phi) is 5.08. The molecule has 1 N–H and O–H groups in total. The van der Waals surface area contributed by atoms with E-state index in [1.165, 1.54) is 5.56 Å². The van der Waals surface area contributed by atoms with Gasteiger partial charge < -0.3 is 14.8 Å². The van der Waals surface area contributed by atoms with Crippen molar-refractivity contribution >= 4 is 5.82 Å². The first-order chi connectivity index (χ1) is 11.2. The minimum absolute atomic E-state index is 0.0685. The lowest BCUT2D eigenvalue weighted by molar-refractivity contribution is 0.00968. The van der Waals surface area contributed by atoms with E-state index in [-0.39, 0.29) is 12.2 Å². The lowest BCUT2D eigenvalue weighted by Gasteiger charge is -2.31. The van der Waals surface area contributed by atoms with E-state index in [4.69, 9.17) is 9.47 Å². The highest BCUT2D eigenvalue weighted by atomic mass is 16.5. The number of nitrogens with one attached hydrogen (secondary N) is 1. The molecule has 5 nitrogen and oxygen atoms in total. The van der Waals surface area contributed by atoms with Crippen molar-refractivity contribution in [3.05, 3.63) is 48.3 Å². The van der Waals surface area contributed by atoms with Crippen LogP contribution in [0.2, 0.25) is 0 Å². The zero-order valence-corrected chi connectivity index (χ0v) is 13.6. The molecule has 1 aliphatic rings. The minimum atomic E-state index is 0.0685. The number of rotatable bonds is 5. The molecule has 0 spiro atoms. The van der Waals surface area contributed by atoms with Gasteiger partial charge in [-0.2, -0.15) is 0 Å². The van der Waals surface area contributed by atoms with Gasteiger partial charge in [0.05, 0.1) is 12.2 Å². The molecule has 1 aliphatic heterocycles. The standard InChI is InChI=1S/C18H23N3O2/c1-13(2)23-18-17(19-9-10-20-18)21-15-8-11-22-16(12-15)14-6-4-3-5-7-14/h3-7,9-10,13,15-16H,8,11-12H2,1-2H3,(H,19,21). The lowest BCUT2D eigenvalue weighted by atomic mass is 9.97. The SMILES string of the molecule is CC(C)Oc1nccnc1NC1CCOC(c2ccccc2)C1. The maximum atomic E-state index is 5.92. The van der Waals surface area contributed by atoms with Crippen LogP contribution in [0, 0.1) is 0 Å². The van der Waals surface area contributed by atoms with Gasteiger partial charge in [0.15, 0.2) is 5.82 Å². The maximum Gasteiger partial charge on any atom is 0.257 e. The molecule has 2 aromatic rings. The first-order valence-corrected chi connectivity index (χ1v) is 8.13. The molecular weight excluding hydrogens is 290 g/mol. The Hall–Kier alpha value is -2.14. The fourth-order valence-electron chi connectivity index (χ4n) is 2.76. The van der Waals surface area contributed by atoms with Crippen LogP contribution in [0.3, 0.4) is 0 Å². The van der Waals surface area contributed by atoms with Gasteiger partial charge in [0.25, 0.3) is 5.88 Å². The molecule has 2 atom stereocenters. The molecule has 5 heteroatoms. The summed E-state index contributed by atoms with van der Waals surface area (Å²) in [6, 6.07) is 10.6. The average molecular weight is 313 g/mol. The number of ether oxygens (including phenoxy) is 2. The molecule has 0 aliphatic carbocycles. The van der Waals surface area contributed by atoms with E-state index in [1.54, 1.807) is 12.4 Å². The molecule has 23 heavy (non-hydrogen) atoms. The Balaban J connectivity index is 1.68. The van der Waals surface area contributed by atoms with Crippen LogP contribution in [0.15, 0.2) is 42.7 Å². The van der Waals surface area contributed by atoms with Crippen molar-refractivity contribution in [2.24, 2.45) is 0 Å². The molecule has 0 radical (unpaired) electrons. The summed E-state index contributed by atoms with van der Waals surface area (Å²) in [4.78, 5) is 8.67. The molecular formula is C18H23N3O2. The second-order valence-corrected chi connectivity index (χ2v) is 6.01. The number of aromatic nitrogens is 2. The predicted octanol–water partition coefficient (Wildman–Crippen LogP) is 3.60. The topological polar surface area (TPSA) is 56.3 Å². The summed E-state index contributed by atoms with van der Waals surface area (Å²) in [7, 11) is 0. The molecule has 1 saturated heterocycles. The third-order valence-corrected chi connectivity index (χ3v) is 3.81. The van der Waals surface area contributed by atoms with Crippen molar-refractivity contribution in [1.82, 2.24) is 9.97 Å². The number of anilines is 1. The Morgan fingerprint density at radius 3 is 2.74 bits per heavy atom. The maximum absolute atomic E-state index is 5.92. The first-order valence-electron chi connectivity index (χ1n) is 8.13.